The van der Waals surface area contributed by atoms with Gasteiger partial charge in [0.25, 0.3) is 0 Å². The van der Waals surface area contributed by atoms with Gasteiger partial charge in [-0.25, -0.2) is 0 Å². The minimum absolute atomic E-state index is 0.575. The normalized spacial score (nSPS) is 11.5. The molecular weight excluding hydrogens is 598 g/mol. The molecule has 5 rings (SSSR count). The zero-order valence-corrected chi connectivity index (χ0v) is 28.0. The Kier molecular flexibility index (Phi) is 10.5. The maximum absolute atomic E-state index is 16.1. The summed E-state index contributed by atoms with van der Waals surface area (Å²) in [6.45, 7) is 15.9. The average molecular weight is 639 g/mol. The van der Waals surface area contributed by atoms with Gasteiger partial charge in [0.1, 0.15) is 0 Å². The third-order valence-electron chi connectivity index (χ3n) is 8.34. The minimum Gasteiger partial charge on any atom is -0.309 e. The van der Waals surface area contributed by atoms with Crippen LogP contribution in [0.25, 0.3) is 0 Å². The highest BCUT2D eigenvalue weighted by Crippen LogP contribution is 2.48. The zero-order chi connectivity index (χ0) is 32.6. The van der Waals surface area contributed by atoms with Crippen LogP contribution in [0.5, 0.6) is 0 Å². The van der Waals surface area contributed by atoms with Crippen molar-refractivity contribution in [1.29, 1.82) is 0 Å². The fourth-order valence-electron chi connectivity index (χ4n) is 6.29. The second-order valence-corrected chi connectivity index (χ2v) is 16.6. The lowest BCUT2D eigenvalue weighted by Gasteiger charge is -2.28. The second-order valence-electron chi connectivity index (χ2n) is 11.2. The largest absolute Gasteiger partial charge is 0.309 e. The molecule has 0 fully saturated rings. The molecule has 5 aromatic rings. The summed E-state index contributed by atoms with van der Waals surface area (Å²) >= 11 is 0. The van der Waals surface area contributed by atoms with Crippen molar-refractivity contribution in [2.24, 2.45) is 0 Å². The highest BCUT2D eigenvalue weighted by Gasteiger charge is 2.37. The Morgan fingerprint density at radius 3 is 0.913 bits per heavy atom. The second kappa shape index (κ2) is 14.7. The highest BCUT2D eigenvalue weighted by atomic mass is 31.2. The van der Waals surface area contributed by atoms with E-state index in [1.807, 2.05) is 146 Å². The Morgan fingerprint density at radius 1 is 0.391 bits per heavy atom. The Hall–Kier alpha value is -4.48. The van der Waals surface area contributed by atoms with E-state index in [9.17, 15) is 0 Å². The molecule has 0 N–H and O–H groups in total. The molecule has 2 nitrogen and oxygen atoms in total. The van der Waals surface area contributed by atoms with Crippen molar-refractivity contribution in [1.82, 2.24) is 0 Å². The fraction of sp³-hybridized carbons (Fsp3) is 0.0952. The van der Waals surface area contributed by atoms with Crippen LogP contribution in [0.4, 0.5) is 0 Å². The quantitative estimate of drug-likeness (QED) is 0.0917. The van der Waals surface area contributed by atoms with Gasteiger partial charge in [0, 0.05) is 31.8 Å². The van der Waals surface area contributed by atoms with Crippen molar-refractivity contribution < 1.29 is 9.13 Å². The van der Waals surface area contributed by atoms with Crippen LogP contribution in [0.2, 0.25) is 0 Å². The summed E-state index contributed by atoms with van der Waals surface area (Å²) < 4.78 is 32.2. The van der Waals surface area contributed by atoms with Crippen molar-refractivity contribution in [3.8, 4) is 0 Å². The first kappa shape index (κ1) is 32.9. The molecule has 0 aliphatic carbocycles. The van der Waals surface area contributed by atoms with Gasteiger partial charge in [-0.3, -0.25) is 0 Å². The number of hydrogen-bond acceptors (Lipinski definition) is 2. The Bertz CT molecular complexity index is 1750. The monoisotopic (exact) mass is 638 g/mol. The van der Waals surface area contributed by atoms with Gasteiger partial charge in [-0.1, -0.05) is 140 Å². The molecule has 0 unspecified atom stereocenters. The van der Waals surface area contributed by atoms with Crippen LogP contribution >= 0.6 is 14.3 Å². The SMILES string of the molecule is C=CCc1ccccc1P(=O)(c1cccc(P(=O)(c2ccccc2CC=C)c2ccccc2CC=C)c1)c1ccccc1CC=C. The lowest BCUT2D eigenvalue weighted by atomic mass is 10.1. The van der Waals surface area contributed by atoms with Crippen molar-refractivity contribution in [2.45, 2.75) is 25.7 Å². The van der Waals surface area contributed by atoms with Crippen LogP contribution in [-0.4, -0.2) is 0 Å². The summed E-state index contributed by atoms with van der Waals surface area (Å²) in [6.07, 6.45) is 9.68. The lowest BCUT2D eigenvalue weighted by molar-refractivity contribution is 0.592. The summed E-state index contributed by atoms with van der Waals surface area (Å²) in [6, 6.07) is 39.3. The molecule has 0 saturated carbocycles. The summed E-state index contributed by atoms with van der Waals surface area (Å²) in [5.41, 5.74) is 3.82. The van der Waals surface area contributed by atoms with E-state index in [1.54, 1.807) is 0 Å². The summed E-state index contributed by atoms with van der Waals surface area (Å²) in [5.74, 6) is 0. The molecule has 0 heterocycles. The summed E-state index contributed by atoms with van der Waals surface area (Å²) in [4.78, 5) is 0. The molecule has 0 saturated heterocycles. The number of allylic oxidation sites excluding steroid dienone is 4. The van der Waals surface area contributed by atoms with E-state index in [-0.39, 0.29) is 0 Å². The molecule has 0 amide bonds. The predicted octanol–water partition coefficient (Wildman–Crippen LogP) is 7.88. The smallest absolute Gasteiger partial charge is 0.171 e. The van der Waals surface area contributed by atoms with Crippen LogP contribution in [0, 0.1) is 0 Å². The molecule has 0 aliphatic rings. The molecule has 230 valence electrons. The van der Waals surface area contributed by atoms with E-state index < -0.39 is 14.3 Å². The molecular formula is C42H40O2P2. The Balaban J connectivity index is 1.88. The summed E-state index contributed by atoms with van der Waals surface area (Å²) in [7, 11) is -6.98. The van der Waals surface area contributed by atoms with Crippen molar-refractivity contribution in [3.05, 3.63) is 194 Å². The van der Waals surface area contributed by atoms with Gasteiger partial charge in [0.2, 0.25) is 0 Å². The average Bonchev–Trinajstić information content (AvgIpc) is 3.09. The van der Waals surface area contributed by atoms with E-state index in [4.69, 9.17) is 0 Å². The first-order valence-corrected chi connectivity index (χ1v) is 18.9. The zero-order valence-electron chi connectivity index (χ0n) is 26.2. The Labute approximate surface area is 274 Å². The van der Waals surface area contributed by atoms with Crippen molar-refractivity contribution >= 4 is 46.1 Å². The number of benzene rings is 5. The molecule has 0 atom stereocenters. The van der Waals surface area contributed by atoms with Gasteiger partial charge in [-0.2, -0.15) is 0 Å². The molecule has 4 heteroatoms. The van der Waals surface area contributed by atoms with E-state index in [0.717, 1.165) is 43.5 Å². The van der Waals surface area contributed by atoms with Crippen molar-refractivity contribution in [2.75, 3.05) is 0 Å². The molecule has 0 radical (unpaired) electrons. The van der Waals surface area contributed by atoms with Gasteiger partial charge >= 0.3 is 0 Å². The standard InChI is InChI=1S/C42H40O2P2/c1-5-18-33-22-9-13-28-39(33)45(43,40-29-14-10-23-34(40)19-6-2)37-26-17-27-38(32-37)46(44,41-30-15-11-24-35(41)20-7-3)42-31-16-12-25-36(42)21-8-4/h5-17,22-32H,1-4,18-21H2. The van der Waals surface area contributed by atoms with Gasteiger partial charge in [-0.05, 0) is 54.0 Å². The predicted molar refractivity (Wildman–Crippen MR) is 201 cm³/mol. The van der Waals surface area contributed by atoms with Crippen molar-refractivity contribution in [3.63, 3.8) is 0 Å². The first-order chi connectivity index (χ1) is 22.4. The molecule has 0 spiro atoms. The third kappa shape index (κ3) is 6.17. The maximum atomic E-state index is 16.1. The maximum Gasteiger partial charge on any atom is 0.171 e. The number of rotatable bonds is 14. The van der Waals surface area contributed by atoms with E-state index in [1.165, 1.54) is 0 Å². The molecule has 5 aromatic carbocycles. The molecule has 46 heavy (non-hydrogen) atoms. The van der Waals surface area contributed by atoms with Crippen LogP contribution in [0.1, 0.15) is 22.3 Å². The van der Waals surface area contributed by atoms with E-state index >= 15 is 9.13 Å². The van der Waals surface area contributed by atoms with Gasteiger partial charge < -0.3 is 9.13 Å². The van der Waals surface area contributed by atoms with Crippen LogP contribution in [-0.2, 0) is 34.8 Å². The lowest BCUT2D eigenvalue weighted by Crippen LogP contribution is -2.33. The van der Waals surface area contributed by atoms with Gasteiger partial charge in [0.15, 0.2) is 14.3 Å². The molecule has 0 aromatic heterocycles. The molecule has 0 bridgehead atoms. The molecule has 0 aliphatic heterocycles. The summed E-state index contributed by atoms with van der Waals surface area (Å²) in [5, 5.41) is 4.33. The Morgan fingerprint density at radius 2 is 0.652 bits per heavy atom. The third-order valence-corrected chi connectivity index (χ3v) is 14.8. The van der Waals surface area contributed by atoms with Crippen LogP contribution < -0.4 is 31.8 Å². The number of hydrogen-bond donors (Lipinski definition) is 0. The van der Waals surface area contributed by atoms with Crippen LogP contribution in [0.3, 0.4) is 0 Å². The fourth-order valence-corrected chi connectivity index (χ4v) is 12.7. The first-order valence-electron chi connectivity index (χ1n) is 15.5. The highest BCUT2D eigenvalue weighted by molar-refractivity contribution is 7.87. The van der Waals surface area contributed by atoms with Gasteiger partial charge in [-0.15, -0.1) is 26.3 Å². The topological polar surface area (TPSA) is 34.1 Å². The minimum atomic E-state index is -3.49. The van der Waals surface area contributed by atoms with E-state index in [2.05, 4.69) is 26.3 Å². The van der Waals surface area contributed by atoms with E-state index in [0.29, 0.717) is 36.3 Å². The van der Waals surface area contributed by atoms with Gasteiger partial charge in [0.05, 0.1) is 0 Å². The van der Waals surface area contributed by atoms with Crippen LogP contribution in [0.15, 0.2) is 172 Å².